The van der Waals surface area contributed by atoms with Crippen molar-refractivity contribution in [3.8, 4) is 5.75 Å². The lowest BCUT2D eigenvalue weighted by atomic mass is 9.97. The van der Waals surface area contributed by atoms with Crippen molar-refractivity contribution in [2.24, 2.45) is 5.73 Å². The molecule has 0 radical (unpaired) electrons. The molecule has 2 fully saturated rings. The standard InChI is InChI=1S/C28H34ClFN8O/c1-17-16-39-24-8-7-19(30)12-21(24)18(2)37-10-5-4-6-23(37)22-13-25-33-27(36-14-20(31)15-36)26(29)28(38(25)34-22)35(3)11-9-32-17/h7-8,12-13,20,23,32H,1-2,4-6,9-11,14-16,31H2,3H3. The normalized spacial score (nSPS) is 20.9. The molecule has 39 heavy (non-hydrogen) atoms. The van der Waals surface area contributed by atoms with E-state index in [4.69, 9.17) is 32.2 Å². The van der Waals surface area contributed by atoms with E-state index < -0.39 is 0 Å². The Kier molecular flexibility index (Phi) is 6.76. The first-order chi connectivity index (χ1) is 18.8. The van der Waals surface area contributed by atoms with E-state index >= 15 is 0 Å². The topological polar surface area (TPSA) is 87.2 Å². The van der Waals surface area contributed by atoms with Crippen LogP contribution in [0.15, 0.2) is 43.1 Å². The van der Waals surface area contributed by atoms with Crippen LogP contribution in [-0.4, -0.2) is 71.9 Å². The summed E-state index contributed by atoms with van der Waals surface area (Å²) >= 11 is 7.02. The molecule has 0 amide bonds. The summed E-state index contributed by atoms with van der Waals surface area (Å²) in [5, 5.41) is 8.93. The van der Waals surface area contributed by atoms with Gasteiger partial charge in [0.25, 0.3) is 0 Å². The zero-order valence-electron chi connectivity index (χ0n) is 22.2. The van der Waals surface area contributed by atoms with E-state index in [-0.39, 0.29) is 24.5 Å². The van der Waals surface area contributed by atoms with E-state index in [2.05, 4.69) is 33.2 Å². The lowest BCUT2D eigenvalue weighted by Gasteiger charge is -2.38. The van der Waals surface area contributed by atoms with Crippen LogP contribution in [0.4, 0.5) is 16.0 Å². The second-order valence-electron chi connectivity index (χ2n) is 10.6. The van der Waals surface area contributed by atoms with Crippen molar-refractivity contribution in [1.82, 2.24) is 24.8 Å². The van der Waals surface area contributed by atoms with Crippen LogP contribution in [-0.2, 0) is 0 Å². The van der Waals surface area contributed by atoms with Crippen LogP contribution in [0.3, 0.4) is 0 Å². The van der Waals surface area contributed by atoms with Gasteiger partial charge < -0.3 is 30.5 Å². The van der Waals surface area contributed by atoms with Crippen molar-refractivity contribution in [2.45, 2.75) is 31.3 Å². The van der Waals surface area contributed by atoms with E-state index in [0.29, 0.717) is 48.2 Å². The minimum Gasteiger partial charge on any atom is -0.487 e. The fraction of sp³-hybridized carbons (Fsp3) is 0.429. The molecule has 1 atom stereocenters. The Morgan fingerprint density at radius 3 is 2.79 bits per heavy atom. The number of halogens is 2. The van der Waals surface area contributed by atoms with Gasteiger partial charge in [-0.15, -0.1) is 0 Å². The highest BCUT2D eigenvalue weighted by Gasteiger charge is 2.33. The van der Waals surface area contributed by atoms with E-state index in [0.717, 1.165) is 54.5 Å². The van der Waals surface area contributed by atoms with Gasteiger partial charge in [0.05, 0.1) is 11.7 Å². The van der Waals surface area contributed by atoms with Crippen LogP contribution in [0, 0.1) is 5.82 Å². The van der Waals surface area contributed by atoms with E-state index in [9.17, 15) is 4.39 Å². The molecule has 0 aliphatic carbocycles. The van der Waals surface area contributed by atoms with Crippen molar-refractivity contribution in [1.29, 1.82) is 0 Å². The summed E-state index contributed by atoms with van der Waals surface area (Å²) in [4.78, 5) is 11.3. The average Bonchev–Trinajstić information content (AvgIpc) is 3.32. The van der Waals surface area contributed by atoms with Gasteiger partial charge >= 0.3 is 0 Å². The van der Waals surface area contributed by atoms with Gasteiger partial charge in [0.15, 0.2) is 17.3 Å². The molecule has 206 valence electrons. The molecule has 11 heteroatoms. The van der Waals surface area contributed by atoms with Crippen LogP contribution >= 0.6 is 11.6 Å². The third kappa shape index (κ3) is 4.76. The first-order valence-corrected chi connectivity index (χ1v) is 13.8. The summed E-state index contributed by atoms with van der Waals surface area (Å²) in [5.74, 6) is 1.72. The van der Waals surface area contributed by atoms with Crippen molar-refractivity contribution in [3.05, 3.63) is 65.2 Å². The molecule has 3 aliphatic heterocycles. The summed E-state index contributed by atoms with van der Waals surface area (Å²) in [6.45, 7) is 12.2. The number of nitrogens with two attached hydrogens (primary N) is 1. The molecular formula is C28H34ClFN8O. The molecule has 2 aromatic heterocycles. The lowest BCUT2D eigenvalue weighted by molar-refractivity contribution is 0.225. The number of rotatable bonds is 1. The molecule has 0 saturated carbocycles. The maximum Gasteiger partial charge on any atom is 0.160 e. The summed E-state index contributed by atoms with van der Waals surface area (Å²) in [7, 11) is 2.00. The number of ether oxygens (including phenoxy) is 1. The monoisotopic (exact) mass is 552 g/mol. The Bertz CT molecular complexity index is 1430. The van der Waals surface area contributed by atoms with Gasteiger partial charge in [-0.25, -0.2) is 9.37 Å². The van der Waals surface area contributed by atoms with Crippen molar-refractivity contribution < 1.29 is 9.13 Å². The van der Waals surface area contributed by atoms with E-state index in [1.54, 1.807) is 6.07 Å². The SMILES string of the molecule is C=C1COc2ccc(F)cc2C(=C)N2CCCCC2c2cc3nc(N4CC(N)C4)c(Cl)c(n3n2)N(C)CCN1. The Morgan fingerprint density at radius 2 is 2.00 bits per heavy atom. The molecule has 5 heterocycles. The zero-order chi connectivity index (χ0) is 27.3. The second kappa shape index (κ2) is 10.2. The Labute approximate surface area is 232 Å². The van der Waals surface area contributed by atoms with Gasteiger partial charge in [0.1, 0.15) is 23.2 Å². The molecular weight excluding hydrogens is 519 g/mol. The highest BCUT2D eigenvalue weighted by atomic mass is 35.5. The molecule has 1 unspecified atom stereocenters. The van der Waals surface area contributed by atoms with Gasteiger partial charge in [0.2, 0.25) is 0 Å². The molecule has 6 rings (SSSR count). The molecule has 3 aromatic rings. The number of benzene rings is 1. The number of anilines is 2. The van der Waals surface area contributed by atoms with Gasteiger partial charge in [-0.2, -0.15) is 9.61 Å². The quantitative estimate of drug-likeness (QED) is 0.471. The molecule has 9 nitrogen and oxygen atoms in total. The van der Waals surface area contributed by atoms with Crippen LogP contribution in [0.1, 0.15) is 36.6 Å². The number of hydrogen-bond donors (Lipinski definition) is 2. The molecule has 3 N–H and O–H groups in total. The van der Waals surface area contributed by atoms with Gasteiger partial charge in [-0.05, 0) is 37.5 Å². The van der Waals surface area contributed by atoms with Gasteiger partial charge in [-0.3, -0.25) is 0 Å². The van der Waals surface area contributed by atoms with Crippen LogP contribution < -0.4 is 25.6 Å². The smallest absolute Gasteiger partial charge is 0.160 e. The van der Waals surface area contributed by atoms with Gasteiger partial charge in [0, 0.05) is 68.8 Å². The first-order valence-electron chi connectivity index (χ1n) is 13.4. The average molecular weight is 553 g/mol. The number of nitrogens with one attached hydrogen (secondary N) is 1. The Morgan fingerprint density at radius 1 is 1.18 bits per heavy atom. The maximum atomic E-state index is 14.4. The molecule has 2 saturated heterocycles. The van der Waals surface area contributed by atoms with Crippen molar-refractivity contribution in [3.63, 3.8) is 0 Å². The summed E-state index contributed by atoms with van der Waals surface area (Å²) < 4.78 is 22.4. The molecule has 1 aromatic carbocycles. The Hall–Kier alpha value is -3.50. The third-order valence-electron chi connectivity index (χ3n) is 7.76. The highest BCUT2D eigenvalue weighted by molar-refractivity contribution is 6.35. The fourth-order valence-electron chi connectivity index (χ4n) is 5.65. The summed E-state index contributed by atoms with van der Waals surface area (Å²) in [5.41, 5.74) is 9.73. The van der Waals surface area contributed by atoms with E-state index in [1.807, 2.05) is 17.6 Å². The van der Waals surface area contributed by atoms with Crippen molar-refractivity contribution >= 4 is 34.6 Å². The summed E-state index contributed by atoms with van der Waals surface area (Å²) in [6, 6.07) is 6.66. The van der Waals surface area contributed by atoms with E-state index in [1.165, 1.54) is 12.1 Å². The number of nitrogens with zero attached hydrogens (tertiary/aromatic N) is 6. The molecule has 0 spiro atoms. The lowest BCUT2D eigenvalue weighted by Crippen LogP contribution is -2.56. The van der Waals surface area contributed by atoms with Crippen molar-refractivity contribution in [2.75, 3.05) is 56.2 Å². The minimum absolute atomic E-state index is 0.0496. The number of aromatic nitrogens is 3. The predicted molar refractivity (Wildman–Crippen MR) is 153 cm³/mol. The number of hydrogen-bond acceptors (Lipinski definition) is 8. The number of likely N-dealkylation sites (N-methyl/N-ethyl adjacent to an activating group) is 1. The largest absolute Gasteiger partial charge is 0.487 e. The van der Waals surface area contributed by atoms with Gasteiger partial charge in [-0.1, -0.05) is 24.8 Å². The minimum atomic E-state index is -0.337. The Balaban J connectivity index is 1.49. The number of fused-ring (bicyclic) bond motifs is 4. The first kappa shape index (κ1) is 25.8. The predicted octanol–water partition coefficient (Wildman–Crippen LogP) is 3.80. The fourth-order valence-corrected chi connectivity index (χ4v) is 6.04. The molecule has 3 aliphatic rings. The highest BCUT2D eigenvalue weighted by Crippen LogP contribution is 2.41. The second-order valence-corrected chi connectivity index (χ2v) is 11.0. The van der Waals surface area contributed by atoms with Crippen LogP contribution in [0.25, 0.3) is 11.3 Å². The number of piperidine rings is 1. The van der Waals surface area contributed by atoms with Crippen LogP contribution in [0.2, 0.25) is 5.02 Å². The summed E-state index contributed by atoms with van der Waals surface area (Å²) in [6.07, 6.45) is 2.95. The third-order valence-corrected chi connectivity index (χ3v) is 8.10. The zero-order valence-corrected chi connectivity index (χ0v) is 22.9. The maximum absolute atomic E-state index is 14.4. The van der Waals surface area contributed by atoms with Crippen LogP contribution in [0.5, 0.6) is 5.75 Å². The molecule has 2 bridgehead atoms.